The third kappa shape index (κ3) is 5.57. The third-order valence-corrected chi connectivity index (χ3v) is 7.53. The summed E-state index contributed by atoms with van der Waals surface area (Å²) in [6, 6.07) is 4.14. The van der Waals surface area contributed by atoms with Crippen molar-refractivity contribution in [1.29, 1.82) is 0 Å². The normalized spacial score (nSPS) is 29.1. The third-order valence-electron chi connectivity index (χ3n) is 6.94. The summed E-state index contributed by atoms with van der Waals surface area (Å²) in [7, 11) is 0. The molecule has 4 saturated carbocycles. The lowest BCUT2D eigenvalue weighted by molar-refractivity contribution is -0.124. The highest BCUT2D eigenvalue weighted by Crippen LogP contribution is 2.55. The summed E-state index contributed by atoms with van der Waals surface area (Å²) in [5.41, 5.74) is 1.22. The maximum absolute atomic E-state index is 12.2. The van der Waals surface area contributed by atoms with E-state index in [1.54, 1.807) is 0 Å². The first-order valence-corrected chi connectivity index (χ1v) is 12.6. The fourth-order valence-electron chi connectivity index (χ4n) is 6.34. The van der Waals surface area contributed by atoms with Crippen molar-refractivity contribution < 1.29 is 14.3 Å². The van der Waals surface area contributed by atoms with Crippen molar-refractivity contribution in [2.75, 3.05) is 13.2 Å². The molecule has 172 valence electrons. The van der Waals surface area contributed by atoms with Gasteiger partial charge in [0.25, 0.3) is 5.91 Å². The van der Waals surface area contributed by atoms with E-state index in [1.807, 2.05) is 27.7 Å². The van der Waals surface area contributed by atoms with Gasteiger partial charge in [-0.05, 0) is 118 Å². The first-order chi connectivity index (χ1) is 14.6. The van der Waals surface area contributed by atoms with E-state index in [2.05, 4.69) is 38.7 Å². The fourth-order valence-corrected chi connectivity index (χ4v) is 6.94. The van der Waals surface area contributed by atoms with Crippen LogP contribution in [0, 0.1) is 17.8 Å². The summed E-state index contributed by atoms with van der Waals surface area (Å²) in [5, 5.41) is 6.88. The SMILES string of the molecule is CCOc1cc(CNC23CC4CC(CC(C4)C2)C3)cc(Br)c1OCC(=O)NC(C)(C)C. The summed E-state index contributed by atoms with van der Waals surface area (Å²) >= 11 is 3.65. The second kappa shape index (κ2) is 8.93. The van der Waals surface area contributed by atoms with E-state index in [0.29, 0.717) is 23.6 Å². The first-order valence-electron chi connectivity index (χ1n) is 11.8. The monoisotopic (exact) mass is 492 g/mol. The summed E-state index contributed by atoms with van der Waals surface area (Å²) in [5.74, 6) is 3.92. The van der Waals surface area contributed by atoms with Gasteiger partial charge in [0, 0.05) is 17.6 Å². The molecule has 0 aromatic heterocycles. The van der Waals surface area contributed by atoms with Crippen LogP contribution in [0.15, 0.2) is 16.6 Å². The van der Waals surface area contributed by atoms with Crippen LogP contribution in [0.1, 0.15) is 71.8 Å². The zero-order chi connectivity index (χ0) is 22.2. The molecular formula is C25H37BrN2O3. The molecule has 1 aromatic carbocycles. The standard InChI is InChI=1S/C25H37BrN2O3/c1-5-30-21-10-19(9-20(26)23(21)31-15-22(29)28-24(2,3)4)14-27-25-11-16-6-17(12-25)8-18(7-16)13-25/h9-10,16-18,27H,5-8,11-15H2,1-4H3,(H,28,29). The molecule has 4 bridgehead atoms. The number of ether oxygens (including phenoxy) is 2. The number of rotatable bonds is 8. The maximum Gasteiger partial charge on any atom is 0.258 e. The Morgan fingerprint density at radius 1 is 1.10 bits per heavy atom. The van der Waals surface area contributed by atoms with E-state index in [4.69, 9.17) is 9.47 Å². The quantitative estimate of drug-likeness (QED) is 0.523. The van der Waals surface area contributed by atoms with Crippen molar-refractivity contribution in [3.63, 3.8) is 0 Å². The van der Waals surface area contributed by atoms with E-state index in [9.17, 15) is 4.79 Å². The van der Waals surface area contributed by atoms with Crippen LogP contribution < -0.4 is 20.1 Å². The molecule has 4 aliphatic carbocycles. The highest BCUT2D eigenvalue weighted by Gasteiger charge is 2.50. The van der Waals surface area contributed by atoms with Crippen LogP contribution in [0.4, 0.5) is 0 Å². The van der Waals surface area contributed by atoms with Gasteiger partial charge in [-0.2, -0.15) is 0 Å². The molecule has 6 heteroatoms. The van der Waals surface area contributed by atoms with Gasteiger partial charge in [-0.15, -0.1) is 0 Å². The zero-order valence-corrected chi connectivity index (χ0v) is 20.9. The van der Waals surface area contributed by atoms with Crippen LogP contribution in [0.3, 0.4) is 0 Å². The Balaban J connectivity index is 1.43. The molecule has 2 N–H and O–H groups in total. The average Bonchev–Trinajstić information content (AvgIpc) is 2.63. The number of nitrogens with one attached hydrogen (secondary N) is 2. The van der Waals surface area contributed by atoms with E-state index in [1.165, 1.54) is 44.1 Å². The van der Waals surface area contributed by atoms with E-state index < -0.39 is 0 Å². The minimum Gasteiger partial charge on any atom is -0.490 e. The van der Waals surface area contributed by atoms with Gasteiger partial charge in [0.2, 0.25) is 0 Å². The van der Waals surface area contributed by atoms with Crippen molar-refractivity contribution in [2.45, 2.75) is 83.8 Å². The van der Waals surface area contributed by atoms with Crippen LogP contribution in [0.25, 0.3) is 0 Å². The van der Waals surface area contributed by atoms with Crippen LogP contribution in [0.2, 0.25) is 0 Å². The Morgan fingerprint density at radius 3 is 2.26 bits per heavy atom. The molecule has 5 nitrogen and oxygen atoms in total. The van der Waals surface area contributed by atoms with Gasteiger partial charge in [-0.1, -0.05) is 0 Å². The number of benzene rings is 1. The van der Waals surface area contributed by atoms with Gasteiger partial charge in [0.1, 0.15) is 0 Å². The molecule has 1 amide bonds. The van der Waals surface area contributed by atoms with Crippen LogP contribution in [-0.2, 0) is 11.3 Å². The Bertz CT molecular complexity index is 782. The Kier molecular flexibility index (Phi) is 6.60. The molecule has 1 aromatic rings. The largest absolute Gasteiger partial charge is 0.490 e. The maximum atomic E-state index is 12.2. The van der Waals surface area contributed by atoms with Crippen molar-refractivity contribution in [3.05, 3.63) is 22.2 Å². The molecule has 5 rings (SSSR count). The summed E-state index contributed by atoms with van der Waals surface area (Å²) in [6.07, 6.45) is 8.37. The van der Waals surface area contributed by atoms with E-state index in [0.717, 1.165) is 28.8 Å². The number of hydrogen-bond donors (Lipinski definition) is 2. The fraction of sp³-hybridized carbons (Fsp3) is 0.720. The zero-order valence-electron chi connectivity index (χ0n) is 19.4. The van der Waals surface area contributed by atoms with Gasteiger partial charge in [-0.3, -0.25) is 4.79 Å². The van der Waals surface area contributed by atoms with Crippen molar-refractivity contribution >= 4 is 21.8 Å². The van der Waals surface area contributed by atoms with E-state index in [-0.39, 0.29) is 18.1 Å². The number of carbonyl (C=O) groups is 1. The van der Waals surface area contributed by atoms with Gasteiger partial charge in [-0.25, -0.2) is 0 Å². The predicted octanol–water partition coefficient (Wildman–Crippen LogP) is 5.20. The van der Waals surface area contributed by atoms with Crippen LogP contribution >= 0.6 is 15.9 Å². The Labute approximate surface area is 195 Å². The van der Waals surface area contributed by atoms with Crippen molar-refractivity contribution in [1.82, 2.24) is 10.6 Å². The lowest BCUT2D eigenvalue weighted by Crippen LogP contribution is -2.58. The molecular weight excluding hydrogens is 456 g/mol. The Hall–Kier alpha value is -1.27. The van der Waals surface area contributed by atoms with Gasteiger partial charge < -0.3 is 20.1 Å². The molecule has 0 heterocycles. The molecule has 0 unspecified atom stereocenters. The van der Waals surface area contributed by atoms with Crippen LogP contribution in [-0.4, -0.2) is 30.2 Å². The topological polar surface area (TPSA) is 59.6 Å². The van der Waals surface area contributed by atoms with E-state index >= 15 is 0 Å². The molecule has 4 fully saturated rings. The molecule has 31 heavy (non-hydrogen) atoms. The van der Waals surface area contributed by atoms with Gasteiger partial charge >= 0.3 is 0 Å². The Morgan fingerprint density at radius 2 is 1.71 bits per heavy atom. The molecule has 0 atom stereocenters. The second-order valence-electron chi connectivity index (χ2n) is 11.0. The van der Waals surface area contributed by atoms with Gasteiger partial charge in [0.15, 0.2) is 18.1 Å². The van der Waals surface area contributed by atoms with Crippen molar-refractivity contribution in [3.8, 4) is 11.5 Å². The highest BCUT2D eigenvalue weighted by molar-refractivity contribution is 9.10. The number of hydrogen-bond acceptors (Lipinski definition) is 4. The first kappa shape index (κ1) is 22.9. The second-order valence-corrected chi connectivity index (χ2v) is 11.8. The lowest BCUT2D eigenvalue weighted by atomic mass is 9.53. The summed E-state index contributed by atoms with van der Waals surface area (Å²) in [4.78, 5) is 12.2. The summed E-state index contributed by atoms with van der Waals surface area (Å²) < 4.78 is 12.6. The predicted molar refractivity (Wildman–Crippen MR) is 126 cm³/mol. The molecule has 0 aliphatic heterocycles. The van der Waals surface area contributed by atoms with Crippen LogP contribution in [0.5, 0.6) is 11.5 Å². The lowest BCUT2D eigenvalue weighted by Gasteiger charge is -2.57. The number of carbonyl (C=O) groups excluding carboxylic acids is 1. The number of halogens is 1. The minimum atomic E-state index is -0.285. The highest BCUT2D eigenvalue weighted by atomic mass is 79.9. The molecule has 4 aliphatic rings. The molecule has 0 saturated heterocycles. The van der Waals surface area contributed by atoms with Gasteiger partial charge in [0.05, 0.1) is 11.1 Å². The average molecular weight is 493 g/mol. The van der Waals surface area contributed by atoms with Crippen molar-refractivity contribution in [2.24, 2.45) is 17.8 Å². The molecule has 0 spiro atoms. The smallest absolute Gasteiger partial charge is 0.258 e. The molecule has 0 radical (unpaired) electrons. The number of amides is 1. The summed E-state index contributed by atoms with van der Waals surface area (Å²) in [6.45, 7) is 9.16. The minimum absolute atomic E-state index is 0.0409.